The lowest BCUT2D eigenvalue weighted by Crippen LogP contribution is -2.34. The second-order valence-electron chi connectivity index (χ2n) is 6.51. The molecule has 7 heteroatoms. The van der Waals surface area contributed by atoms with Crippen LogP contribution in [0.25, 0.3) is 0 Å². The van der Waals surface area contributed by atoms with Crippen molar-refractivity contribution in [3.8, 4) is 5.75 Å². The number of rotatable bonds is 9. The Labute approximate surface area is 163 Å². The molecule has 148 valence electrons. The Balaban J connectivity index is 2.01. The average Bonchev–Trinajstić information content (AvgIpc) is 2.69. The molecule has 2 aromatic rings. The lowest BCUT2D eigenvalue weighted by atomic mass is 9.99. The third kappa shape index (κ3) is 6.12. The van der Waals surface area contributed by atoms with E-state index in [0.29, 0.717) is 6.42 Å². The third-order valence-electron chi connectivity index (χ3n) is 4.16. The summed E-state index contributed by atoms with van der Waals surface area (Å²) in [7, 11) is 3.23. The highest BCUT2D eigenvalue weighted by molar-refractivity contribution is 5.97. The molecule has 0 aliphatic heterocycles. The fourth-order valence-corrected chi connectivity index (χ4v) is 2.51. The first kappa shape index (κ1) is 21.0. The van der Waals surface area contributed by atoms with Crippen molar-refractivity contribution >= 4 is 17.8 Å². The van der Waals surface area contributed by atoms with Gasteiger partial charge in [-0.2, -0.15) is 0 Å². The van der Waals surface area contributed by atoms with E-state index in [2.05, 4.69) is 5.32 Å². The normalized spacial score (nSPS) is 11.4. The minimum absolute atomic E-state index is 0.0198. The summed E-state index contributed by atoms with van der Waals surface area (Å²) in [6, 6.07) is 15.8. The van der Waals surface area contributed by atoms with E-state index in [0.717, 1.165) is 5.56 Å². The standard InChI is InChI=1S/C21H24N2O5/c1-23(2)19(24)14-28-18-11-7-6-10-17(18)20(25)22-13-16(21(26)27)12-15-8-4-3-5-9-15/h3-11,16H,12-14H2,1-2H3,(H,22,25)(H,26,27). The van der Waals surface area contributed by atoms with Crippen molar-refractivity contribution in [2.75, 3.05) is 27.2 Å². The van der Waals surface area contributed by atoms with Crippen molar-refractivity contribution in [1.29, 1.82) is 0 Å². The van der Waals surface area contributed by atoms with Crippen LogP contribution in [0.2, 0.25) is 0 Å². The molecule has 28 heavy (non-hydrogen) atoms. The summed E-state index contributed by atoms with van der Waals surface area (Å²) in [5, 5.41) is 12.1. The lowest BCUT2D eigenvalue weighted by Gasteiger charge is -2.16. The minimum atomic E-state index is -0.981. The zero-order valence-electron chi connectivity index (χ0n) is 15.9. The number of likely N-dealkylation sites (N-methyl/N-ethyl adjacent to an activating group) is 1. The van der Waals surface area contributed by atoms with Crippen molar-refractivity contribution in [3.05, 3.63) is 65.7 Å². The maximum atomic E-state index is 12.5. The molecule has 0 radical (unpaired) electrons. The highest BCUT2D eigenvalue weighted by Crippen LogP contribution is 2.18. The lowest BCUT2D eigenvalue weighted by molar-refractivity contribution is -0.141. The van der Waals surface area contributed by atoms with Gasteiger partial charge in [-0.05, 0) is 24.1 Å². The smallest absolute Gasteiger partial charge is 0.308 e. The number of hydrogen-bond acceptors (Lipinski definition) is 4. The molecule has 2 rings (SSSR count). The Hall–Kier alpha value is -3.35. The molecule has 7 nitrogen and oxygen atoms in total. The van der Waals surface area contributed by atoms with Crippen LogP contribution in [0.3, 0.4) is 0 Å². The number of carboxylic acids is 1. The number of carbonyl (C=O) groups excluding carboxylic acids is 2. The van der Waals surface area contributed by atoms with Crippen LogP contribution in [0.15, 0.2) is 54.6 Å². The summed E-state index contributed by atoms with van der Waals surface area (Å²) >= 11 is 0. The van der Waals surface area contributed by atoms with Gasteiger partial charge in [-0.25, -0.2) is 0 Å². The van der Waals surface area contributed by atoms with Crippen molar-refractivity contribution in [1.82, 2.24) is 10.2 Å². The molecule has 2 N–H and O–H groups in total. The topological polar surface area (TPSA) is 95.9 Å². The molecule has 0 aromatic heterocycles. The molecule has 0 aliphatic rings. The van der Waals surface area contributed by atoms with Crippen LogP contribution in [-0.4, -0.2) is 55.0 Å². The Morgan fingerprint density at radius 1 is 1.04 bits per heavy atom. The molecule has 0 heterocycles. The van der Waals surface area contributed by atoms with Gasteiger partial charge in [0.15, 0.2) is 6.61 Å². The summed E-state index contributed by atoms with van der Waals surface area (Å²) in [6.45, 7) is -0.211. The van der Waals surface area contributed by atoms with Crippen LogP contribution in [0.4, 0.5) is 0 Å². The van der Waals surface area contributed by atoms with E-state index >= 15 is 0 Å². The third-order valence-corrected chi connectivity index (χ3v) is 4.16. The molecule has 0 aliphatic carbocycles. The highest BCUT2D eigenvalue weighted by atomic mass is 16.5. The van der Waals surface area contributed by atoms with Gasteiger partial charge >= 0.3 is 5.97 Å². The van der Waals surface area contributed by atoms with Gasteiger partial charge in [0, 0.05) is 20.6 Å². The molecule has 1 atom stereocenters. The van der Waals surface area contributed by atoms with Gasteiger partial charge in [0.1, 0.15) is 5.75 Å². The highest BCUT2D eigenvalue weighted by Gasteiger charge is 2.21. The maximum absolute atomic E-state index is 12.5. The molecular formula is C21H24N2O5. The number of hydrogen-bond donors (Lipinski definition) is 2. The molecule has 1 unspecified atom stereocenters. The van der Waals surface area contributed by atoms with E-state index in [-0.39, 0.29) is 30.4 Å². The number of nitrogens with zero attached hydrogens (tertiary/aromatic N) is 1. The van der Waals surface area contributed by atoms with E-state index in [4.69, 9.17) is 4.74 Å². The first-order valence-electron chi connectivity index (χ1n) is 8.85. The molecule has 2 amide bonds. The Kier molecular flexibility index (Phi) is 7.56. The molecule has 0 saturated carbocycles. The van der Waals surface area contributed by atoms with Crippen molar-refractivity contribution in [2.24, 2.45) is 5.92 Å². The van der Waals surface area contributed by atoms with Crippen molar-refractivity contribution < 1.29 is 24.2 Å². The average molecular weight is 384 g/mol. The molecule has 0 fully saturated rings. The Morgan fingerprint density at radius 3 is 2.32 bits per heavy atom. The van der Waals surface area contributed by atoms with Crippen molar-refractivity contribution in [3.63, 3.8) is 0 Å². The van der Waals surface area contributed by atoms with Crippen LogP contribution in [-0.2, 0) is 16.0 Å². The van der Waals surface area contributed by atoms with Crippen LogP contribution < -0.4 is 10.1 Å². The predicted octanol–water partition coefficient (Wildman–Crippen LogP) is 1.83. The second-order valence-corrected chi connectivity index (χ2v) is 6.51. The predicted molar refractivity (Wildman–Crippen MR) is 104 cm³/mol. The van der Waals surface area contributed by atoms with E-state index in [1.807, 2.05) is 30.3 Å². The molecule has 0 spiro atoms. The van der Waals surface area contributed by atoms with Gasteiger partial charge < -0.3 is 20.1 Å². The van der Waals surface area contributed by atoms with Gasteiger partial charge in [-0.3, -0.25) is 14.4 Å². The first-order valence-corrected chi connectivity index (χ1v) is 8.85. The SMILES string of the molecule is CN(C)C(=O)COc1ccccc1C(=O)NCC(Cc1ccccc1)C(=O)O. The molecule has 0 saturated heterocycles. The van der Waals surface area contributed by atoms with E-state index < -0.39 is 17.8 Å². The Bertz CT molecular complexity index is 821. The quantitative estimate of drug-likeness (QED) is 0.688. The van der Waals surface area contributed by atoms with Gasteiger partial charge in [-0.1, -0.05) is 42.5 Å². The summed E-state index contributed by atoms with van der Waals surface area (Å²) in [5.74, 6) is -2.15. The van der Waals surface area contributed by atoms with Crippen LogP contribution in [0.1, 0.15) is 15.9 Å². The van der Waals surface area contributed by atoms with Crippen LogP contribution in [0, 0.1) is 5.92 Å². The van der Waals surface area contributed by atoms with Gasteiger partial charge in [0.05, 0.1) is 11.5 Å². The number of nitrogens with one attached hydrogen (secondary N) is 1. The molecular weight excluding hydrogens is 360 g/mol. The number of carboxylic acid groups (broad SMARTS) is 1. The van der Waals surface area contributed by atoms with E-state index in [1.54, 1.807) is 38.4 Å². The van der Waals surface area contributed by atoms with E-state index in [9.17, 15) is 19.5 Å². The summed E-state index contributed by atoms with van der Waals surface area (Å²) < 4.78 is 5.46. The number of amides is 2. The number of benzene rings is 2. The first-order chi connectivity index (χ1) is 13.4. The van der Waals surface area contributed by atoms with Gasteiger partial charge in [0.25, 0.3) is 11.8 Å². The summed E-state index contributed by atoms with van der Waals surface area (Å²) in [6.07, 6.45) is 0.311. The number of carbonyl (C=O) groups is 3. The Morgan fingerprint density at radius 2 is 1.68 bits per heavy atom. The molecule has 0 bridgehead atoms. The molecule has 2 aromatic carbocycles. The monoisotopic (exact) mass is 384 g/mol. The zero-order chi connectivity index (χ0) is 20.5. The summed E-state index contributed by atoms with van der Waals surface area (Å²) in [4.78, 5) is 37.2. The number of aliphatic carboxylic acids is 1. The van der Waals surface area contributed by atoms with Gasteiger partial charge in [0.2, 0.25) is 0 Å². The fourth-order valence-electron chi connectivity index (χ4n) is 2.51. The number of para-hydroxylation sites is 1. The fraction of sp³-hybridized carbons (Fsp3) is 0.286. The van der Waals surface area contributed by atoms with Crippen molar-refractivity contribution in [2.45, 2.75) is 6.42 Å². The van der Waals surface area contributed by atoms with Crippen LogP contribution >= 0.6 is 0 Å². The second kappa shape index (κ2) is 10.1. The largest absolute Gasteiger partial charge is 0.483 e. The minimum Gasteiger partial charge on any atom is -0.483 e. The number of ether oxygens (including phenoxy) is 1. The van der Waals surface area contributed by atoms with Crippen LogP contribution in [0.5, 0.6) is 5.75 Å². The summed E-state index contributed by atoms with van der Waals surface area (Å²) in [5.41, 5.74) is 1.13. The van der Waals surface area contributed by atoms with E-state index in [1.165, 1.54) is 4.90 Å². The maximum Gasteiger partial charge on any atom is 0.308 e. The van der Waals surface area contributed by atoms with Gasteiger partial charge in [-0.15, -0.1) is 0 Å². The zero-order valence-corrected chi connectivity index (χ0v) is 15.9.